The highest BCUT2D eigenvalue weighted by Gasteiger charge is 2.45. The van der Waals surface area contributed by atoms with Crippen LogP contribution in [0.25, 0.3) is 0 Å². The molecule has 2 aliphatic rings. The van der Waals surface area contributed by atoms with Crippen LogP contribution in [0.5, 0.6) is 0 Å². The van der Waals surface area contributed by atoms with E-state index < -0.39 is 18.2 Å². The summed E-state index contributed by atoms with van der Waals surface area (Å²) in [6.45, 7) is 1.60. The number of nitrogens with one attached hydrogen (secondary N) is 1. The van der Waals surface area contributed by atoms with E-state index in [2.05, 4.69) is 9.41 Å². The Hall–Kier alpha value is -2.79. The van der Waals surface area contributed by atoms with Crippen LogP contribution < -0.4 is 10.3 Å². The molecule has 1 N–H and O–H groups in total. The summed E-state index contributed by atoms with van der Waals surface area (Å²) in [6.07, 6.45) is -3.48. The van der Waals surface area contributed by atoms with E-state index in [1.54, 1.807) is 29.0 Å². The highest BCUT2D eigenvalue weighted by atomic mass is 32.2. The number of benzene rings is 2. The van der Waals surface area contributed by atoms with Gasteiger partial charge in [-0.05, 0) is 43.4 Å². The standard InChI is InChI=1S/C23H24F4N4O2S/c1-34-30-11-9-15(10-12-30)21(32)31(18-5-3-2-4-6-18)14-17-8-7-16(13-19(17)24)20-28-29-22(33-20)23(25,26)27/h2-8,13,15,22,29H,9-12,14H2,1H3. The molecule has 2 aliphatic heterocycles. The first-order valence-corrected chi connectivity index (χ1v) is 12.0. The van der Waals surface area contributed by atoms with Gasteiger partial charge in [0.25, 0.3) is 6.23 Å². The van der Waals surface area contributed by atoms with Crippen molar-refractivity contribution in [3.63, 3.8) is 0 Å². The number of hydrazone groups is 1. The van der Waals surface area contributed by atoms with Crippen LogP contribution in [0.3, 0.4) is 0 Å². The predicted molar refractivity (Wildman–Crippen MR) is 122 cm³/mol. The molecule has 2 aromatic rings. The summed E-state index contributed by atoms with van der Waals surface area (Å²) in [7, 11) is 0. The Morgan fingerprint density at radius 1 is 1.21 bits per heavy atom. The van der Waals surface area contributed by atoms with Crippen LogP contribution in [0, 0.1) is 11.7 Å². The van der Waals surface area contributed by atoms with E-state index in [4.69, 9.17) is 4.74 Å². The minimum atomic E-state index is -4.65. The van der Waals surface area contributed by atoms with Gasteiger partial charge in [0.2, 0.25) is 11.8 Å². The summed E-state index contributed by atoms with van der Waals surface area (Å²) in [5.74, 6) is -1.25. The Labute approximate surface area is 199 Å². The second kappa shape index (κ2) is 10.2. The molecule has 1 saturated heterocycles. The van der Waals surface area contributed by atoms with Crippen molar-refractivity contribution >= 4 is 29.4 Å². The van der Waals surface area contributed by atoms with Crippen molar-refractivity contribution in [2.75, 3.05) is 24.2 Å². The van der Waals surface area contributed by atoms with Gasteiger partial charge in [0, 0.05) is 35.8 Å². The number of nitrogens with zero attached hydrogens (tertiary/aromatic N) is 3. The van der Waals surface area contributed by atoms with Crippen molar-refractivity contribution in [3.8, 4) is 0 Å². The van der Waals surface area contributed by atoms with Crippen molar-refractivity contribution in [1.29, 1.82) is 0 Å². The normalized spacial score (nSPS) is 19.3. The van der Waals surface area contributed by atoms with Crippen molar-refractivity contribution in [1.82, 2.24) is 9.73 Å². The molecule has 1 amide bonds. The Bertz CT molecular complexity index is 1040. The highest BCUT2D eigenvalue weighted by Crippen LogP contribution is 2.29. The van der Waals surface area contributed by atoms with Crippen LogP contribution in [-0.4, -0.2) is 47.9 Å². The maximum atomic E-state index is 15.0. The van der Waals surface area contributed by atoms with Gasteiger partial charge in [-0.1, -0.05) is 36.2 Å². The van der Waals surface area contributed by atoms with Gasteiger partial charge in [0.15, 0.2) is 0 Å². The molecule has 0 saturated carbocycles. The Balaban J connectivity index is 1.52. The number of hydrogen-bond acceptors (Lipinski definition) is 6. The van der Waals surface area contributed by atoms with E-state index >= 15 is 4.39 Å². The molecule has 34 heavy (non-hydrogen) atoms. The topological polar surface area (TPSA) is 57.2 Å². The third-order valence-electron chi connectivity index (χ3n) is 5.83. The van der Waals surface area contributed by atoms with Crippen molar-refractivity contribution in [2.45, 2.75) is 31.8 Å². The fourth-order valence-corrected chi connectivity index (χ4v) is 4.52. The molecule has 1 fully saturated rings. The van der Waals surface area contributed by atoms with Gasteiger partial charge in [0.05, 0.1) is 6.54 Å². The minimum absolute atomic E-state index is 0.00549. The molecule has 0 bridgehead atoms. The van der Waals surface area contributed by atoms with Gasteiger partial charge in [-0.15, -0.1) is 5.10 Å². The molecule has 0 aliphatic carbocycles. The zero-order valence-corrected chi connectivity index (χ0v) is 19.2. The molecule has 2 aromatic carbocycles. The number of hydrogen-bond donors (Lipinski definition) is 1. The minimum Gasteiger partial charge on any atom is -0.441 e. The summed E-state index contributed by atoms with van der Waals surface area (Å²) in [5.41, 5.74) is 2.82. The highest BCUT2D eigenvalue weighted by molar-refractivity contribution is 7.96. The Morgan fingerprint density at radius 3 is 2.50 bits per heavy atom. The second-order valence-corrected chi connectivity index (χ2v) is 8.92. The lowest BCUT2D eigenvalue weighted by atomic mass is 9.96. The molecule has 6 nitrogen and oxygen atoms in total. The number of ether oxygens (including phenoxy) is 1. The summed E-state index contributed by atoms with van der Waals surface area (Å²) in [6, 6.07) is 13.0. The van der Waals surface area contributed by atoms with E-state index in [-0.39, 0.29) is 35.4 Å². The number of halogens is 4. The average molecular weight is 497 g/mol. The lowest BCUT2D eigenvalue weighted by molar-refractivity contribution is -0.201. The van der Waals surface area contributed by atoms with E-state index in [0.29, 0.717) is 5.69 Å². The molecule has 2 heterocycles. The first kappa shape index (κ1) is 24.3. The predicted octanol–water partition coefficient (Wildman–Crippen LogP) is 4.52. The fraction of sp³-hybridized carbons (Fsp3) is 0.391. The van der Waals surface area contributed by atoms with E-state index in [1.165, 1.54) is 12.1 Å². The van der Waals surface area contributed by atoms with E-state index in [0.717, 1.165) is 32.0 Å². The maximum Gasteiger partial charge on any atom is 0.446 e. The summed E-state index contributed by atoms with van der Waals surface area (Å²) in [4.78, 5) is 15.0. The van der Waals surface area contributed by atoms with Gasteiger partial charge in [0.1, 0.15) is 5.82 Å². The molecule has 182 valence electrons. The molecule has 1 unspecified atom stereocenters. The van der Waals surface area contributed by atoms with Crippen molar-refractivity contribution in [2.24, 2.45) is 11.0 Å². The van der Waals surface area contributed by atoms with E-state index in [9.17, 15) is 18.0 Å². The average Bonchev–Trinajstić information content (AvgIpc) is 3.35. The van der Waals surface area contributed by atoms with Gasteiger partial charge >= 0.3 is 6.18 Å². The quantitative estimate of drug-likeness (QED) is 0.471. The lowest BCUT2D eigenvalue weighted by Gasteiger charge is -2.33. The summed E-state index contributed by atoms with van der Waals surface area (Å²) in [5, 5.41) is 3.52. The molecule has 0 aromatic heterocycles. The zero-order chi connectivity index (χ0) is 24.3. The first-order valence-electron chi connectivity index (χ1n) is 10.8. The van der Waals surface area contributed by atoms with Crippen molar-refractivity contribution < 1.29 is 27.1 Å². The Kier molecular flexibility index (Phi) is 7.32. The number of anilines is 1. The SMILES string of the molecule is CSN1CCC(C(=O)N(Cc2ccc(C3=NNC(C(F)(F)F)O3)cc2F)c2ccccc2)CC1. The molecule has 1 atom stereocenters. The molecule has 0 spiro atoms. The van der Waals surface area contributed by atoms with Crippen LogP contribution in [-0.2, 0) is 16.1 Å². The second-order valence-electron chi connectivity index (χ2n) is 8.04. The number of rotatable bonds is 6. The number of carbonyl (C=O) groups is 1. The fourth-order valence-electron chi connectivity index (χ4n) is 3.94. The van der Waals surface area contributed by atoms with Crippen LogP contribution >= 0.6 is 11.9 Å². The monoisotopic (exact) mass is 496 g/mol. The summed E-state index contributed by atoms with van der Waals surface area (Å²) < 4.78 is 60.4. The number of alkyl halides is 3. The largest absolute Gasteiger partial charge is 0.446 e. The number of piperidine rings is 1. The third-order valence-corrected chi connectivity index (χ3v) is 6.72. The first-order chi connectivity index (χ1) is 16.3. The van der Waals surface area contributed by atoms with Gasteiger partial charge in [-0.2, -0.15) is 13.2 Å². The molecular weight excluding hydrogens is 472 g/mol. The smallest absolute Gasteiger partial charge is 0.441 e. The number of para-hydroxylation sites is 1. The molecule has 11 heteroatoms. The van der Waals surface area contributed by atoms with Crippen LogP contribution in [0.1, 0.15) is 24.0 Å². The van der Waals surface area contributed by atoms with Gasteiger partial charge < -0.3 is 9.64 Å². The van der Waals surface area contributed by atoms with Crippen molar-refractivity contribution in [3.05, 3.63) is 65.5 Å². The molecule has 4 rings (SSSR count). The summed E-state index contributed by atoms with van der Waals surface area (Å²) >= 11 is 1.65. The van der Waals surface area contributed by atoms with Crippen LogP contribution in [0.15, 0.2) is 53.6 Å². The Morgan fingerprint density at radius 2 is 1.91 bits per heavy atom. The van der Waals surface area contributed by atoms with Gasteiger partial charge in [-0.25, -0.2) is 4.39 Å². The van der Waals surface area contributed by atoms with E-state index in [1.807, 2.05) is 29.9 Å². The van der Waals surface area contributed by atoms with Crippen LogP contribution in [0.4, 0.5) is 23.2 Å². The zero-order valence-electron chi connectivity index (χ0n) is 18.4. The van der Waals surface area contributed by atoms with Crippen LogP contribution in [0.2, 0.25) is 0 Å². The lowest BCUT2D eigenvalue weighted by Crippen LogP contribution is -2.41. The van der Waals surface area contributed by atoms with Gasteiger partial charge in [-0.3, -0.25) is 14.5 Å². The molecular formula is C23H24F4N4O2S. The number of amides is 1. The molecule has 0 radical (unpaired) electrons. The maximum absolute atomic E-state index is 15.0. The third kappa shape index (κ3) is 5.47. The number of carbonyl (C=O) groups excluding carboxylic acids is 1.